The molecule has 33 heavy (non-hydrogen) atoms. The van der Waals surface area contributed by atoms with Crippen molar-refractivity contribution in [2.75, 3.05) is 19.8 Å². The third-order valence-corrected chi connectivity index (χ3v) is 12.0. The Morgan fingerprint density at radius 2 is 1.55 bits per heavy atom. The van der Waals surface area contributed by atoms with Gasteiger partial charge in [0.25, 0.3) is 8.32 Å². The lowest BCUT2D eigenvalue weighted by atomic mass is 9.92. The number of ether oxygens (including phenoxy) is 3. The monoisotopic (exact) mass is 470 g/mol. The maximum atomic E-state index is 9.93. The molecule has 0 aromatic heterocycles. The van der Waals surface area contributed by atoms with E-state index in [9.17, 15) is 5.11 Å². The van der Waals surface area contributed by atoms with Crippen LogP contribution in [0.1, 0.15) is 41.0 Å². The molecule has 180 valence electrons. The van der Waals surface area contributed by atoms with Crippen LogP contribution in [0.25, 0.3) is 0 Å². The van der Waals surface area contributed by atoms with Gasteiger partial charge in [0.2, 0.25) is 0 Å². The van der Waals surface area contributed by atoms with E-state index in [4.69, 9.17) is 18.6 Å². The molecule has 0 amide bonds. The highest BCUT2D eigenvalue weighted by molar-refractivity contribution is 6.99. The quantitative estimate of drug-likeness (QED) is 0.628. The van der Waals surface area contributed by atoms with Gasteiger partial charge in [-0.2, -0.15) is 0 Å². The molecule has 5 nitrogen and oxygen atoms in total. The number of benzene rings is 2. The van der Waals surface area contributed by atoms with Gasteiger partial charge in [-0.3, -0.25) is 0 Å². The number of aliphatic hydroxyl groups is 1. The summed E-state index contributed by atoms with van der Waals surface area (Å²) in [7, 11) is -2.72. The highest BCUT2D eigenvalue weighted by Crippen LogP contribution is 2.42. The smallest absolute Gasteiger partial charge is 0.261 e. The molecule has 0 radical (unpaired) electrons. The molecule has 0 bridgehead atoms. The molecule has 2 aliphatic rings. The van der Waals surface area contributed by atoms with E-state index in [2.05, 4.69) is 81.4 Å². The summed E-state index contributed by atoms with van der Waals surface area (Å²) in [6.07, 6.45) is 0.139. The molecule has 2 aliphatic heterocycles. The number of hydrogen-bond acceptors (Lipinski definition) is 5. The van der Waals surface area contributed by atoms with E-state index in [0.29, 0.717) is 19.6 Å². The summed E-state index contributed by atoms with van der Waals surface area (Å²) >= 11 is 0. The second-order valence-electron chi connectivity index (χ2n) is 10.7. The minimum atomic E-state index is -2.72. The normalized spacial score (nSPS) is 27.7. The van der Waals surface area contributed by atoms with Crippen LogP contribution in [0.5, 0.6) is 0 Å². The predicted molar refractivity (Wildman–Crippen MR) is 132 cm³/mol. The summed E-state index contributed by atoms with van der Waals surface area (Å²) in [5.41, 5.74) is 0. The molecule has 1 N–H and O–H groups in total. The molecular weight excluding hydrogens is 432 g/mol. The predicted octanol–water partition coefficient (Wildman–Crippen LogP) is 3.48. The zero-order chi connectivity index (χ0) is 23.7. The summed E-state index contributed by atoms with van der Waals surface area (Å²) in [6, 6.07) is 21.3. The van der Waals surface area contributed by atoms with Crippen molar-refractivity contribution in [2.45, 2.75) is 70.2 Å². The van der Waals surface area contributed by atoms with Crippen LogP contribution in [0, 0.1) is 5.92 Å². The van der Waals surface area contributed by atoms with Gasteiger partial charge in [-0.25, -0.2) is 0 Å². The molecule has 2 aromatic carbocycles. The molecule has 0 aliphatic carbocycles. The Morgan fingerprint density at radius 3 is 2.00 bits per heavy atom. The fourth-order valence-electron chi connectivity index (χ4n) is 5.46. The van der Waals surface area contributed by atoms with Crippen LogP contribution >= 0.6 is 0 Å². The Labute approximate surface area is 199 Å². The van der Waals surface area contributed by atoms with E-state index in [0.717, 1.165) is 0 Å². The molecule has 0 unspecified atom stereocenters. The molecule has 6 heteroatoms. The van der Waals surface area contributed by atoms with Crippen molar-refractivity contribution in [3.05, 3.63) is 60.7 Å². The molecule has 4 rings (SSSR count). The van der Waals surface area contributed by atoms with Crippen LogP contribution < -0.4 is 10.4 Å². The first-order valence-corrected chi connectivity index (χ1v) is 13.9. The average Bonchev–Trinajstić information content (AvgIpc) is 3.35. The standard InChI is InChI=1S/C27H38O5Si/c1-26(2,3)33(20-12-8-6-9-13-20,21-14-10-7-11-15-21)32-23-18-29-25(22(23)16-17-28)24-19-30-27(4,5)31-24/h6-15,22-25,28H,16-19H2,1-5H3/t22-,23-,24+,25-/m0/s1. The van der Waals surface area contributed by atoms with Crippen molar-refractivity contribution in [2.24, 2.45) is 5.92 Å². The summed E-state index contributed by atoms with van der Waals surface area (Å²) in [6.45, 7) is 11.8. The van der Waals surface area contributed by atoms with Gasteiger partial charge in [-0.05, 0) is 35.7 Å². The third kappa shape index (κ3) is 4.83. The first-order chi connectivity index (χ1) is 15.7. The lowest BCUT2D eigenvalue weighted by Gasteiger charge is -2.45. The maximum absolute atomic E-state index is 9.93. The van der Waals surface area contributed by atoms with Crippen molar-refractivity contribution >= 4 is 18.7 Å². The molecular formula is C27H38O5Si. The zero-order valence-corrected chi connectivity index (χ0v) is 21.5. The van der Waals surface area contributed by atoms with Crippen molar-refractivity contribution in [1.29, 1.82) is 0 Å². The fraction of sp³-hybridized carbons (Fsp3) is 0.556. The minimum Gasteiger partial charge on any atom is -0.402 e. The first kappa shape index (κ1) is 24.6. The Kier molecular flexibility index (Phi) is 7.15. The molecule has 2 fully saturated rings. The van der Waals surface area contributed by atoms with E-state index >= 15 is 0 Å². The molecule has 4 atom stereocenters. The van der Waals surface area contributed by atoms with Gasteiger partial charge in [0, 0.05) is 12.5 Å². The number of aliphatic hydroxyl groups excluding tert-OH is 1. The minimum absolute atomic E-state index is 0.0270. The SMILES string of the molecule is CC1(C)OC[C@H]([C@H]2OC[C@H](O[Si](c3ccccc3)(c3ccccc3)C(C)(C)C)[C@@H]2CCO)O1. The van der Waals surface area contributed by atoms with Gasteiger partial charge in [-0.1, -0.05) is 81.4 Å². The summed E-state index contributed by atoms with van der Waals surface area (Å²) in [4.78, 5) is 0. The van der Waals surface area contributed by atoms with Crippen molar-refractivity contribution < 1.29 is 23.7 Å². The maximum Gasteiger partial charge on any atom is 0.261 e. The van der Waals surface area contributed by atoms with Gasteiger partial charge in [-0.15, -0.1) is 0 Å². The van der Waals surface area contributed by atoms with Crippen LogP contribution in [0.2, 0.25) is 5.04 Å². The van der Waals surface area contributed by atoms with Crippen molar-refractivity contribution in [1.82, 2.24) is 0 Å². The van der Waals surface area contributed by atoms with Gasteiger partial charge >= 0.3 is 0 Å². The Hall–Kier alpha value is -1.54. The fourth-order valence-corrected chi connectivity index (χ4v) is 10.2. The van der Waals surface area contributed by atoms with Crippen LogP contribution in [0.3, 0.4) is 0 Å². The highest BCUT2D eigenvalue weighted by atomic mass is 28.4. The third-order valence-electron chi connectivity index (χ3n) is 6.96. The van der Waals surface area contributed by atoms with Crippen molar-refractivity contribution in [3.63, 3.8) is 0 Å². The summed E-state index contributed by atoms with van der Waals surface area (Å²) < 4.78 is 25.6. The van der Waals surface area contributed by atoms with E-state index in [1.165, 1.54) is 10.4 Å². The van der Waals surface area contributed by atoms with Gasteiger partial charge in [0.15, 0.2) is 5.79 Å². The van der Waals surface area contributed by atoms with Crippen LogP contribution in [-0.2, 0) is 18.6 Å². The zero-order valence-electron chi connectivity index (χ0n) is 20.5. The Bertz CT molecular complexity index is 856. The summed E-state index contributed by atoms with van der Waals surface area (Å²) in [5.74, 6) is -0.589. The second kappa shape index (κ2) is 9.60. The number of rotatable bonds is 7. The molecule has 2 aromatic rings. The number of hydrogen-bond donors (Lipinski definition) is 1. The topological polar surface area (TPSA) is 57.2 Å². The van der Waals surface area contributed by atoms with Crippen molar-refractivity contribution in [3.8, 4) is 0 Å². The van der Waals surface area contributed by atoms with E-state index in [1.807, 2.05) is 13.8 Å². The van der Waals surface area contributed by atoms with Gasteiger partial charge in [0.05, 0.1) is 25.4 Å². The molecule has 2 heterocycles. The second-order valence-corrected chi connectivity index (χ2v) is 14.9. The lowest BCUT2D eigenvalue weighted by Crippen LogP contribution is -2.68. The Balaban J connectivity index is 1.73. The largest absolute Gasteiger partial charge is 0.402 e. The van der Waals surface area contributed by atoms with Crippen LogP contribution in [-0.4, -0.2) is 57.3 Å². The molecule has 0 saturated carbocycles. The Morgan fingerprint density at radius 1 is 0.970 bits per heavy atom. The molecule has 2 saturated heterocycles. The summed E-state index contributed by atoms with van der Waals surface area (Å²) in [5, 5.41) is 12.3. The molecule has 0 spiro atoms. The lowest BCUT2D eigenvalue weighted by molar-refractivity contribution is -0.155. The van der Waals surface area contributed by atoms with E-state index in [1.54, 1.807) is 0 Å². The van der Waals surface area contributed by atoms with Crippen LogP contribution in [0.15, 0.2) is 60.7 Å². The van der Waals surface area contributed by atoms with Gasteiger partial charge < -0.3 is 23.7 Å². The highest BCUT2D eigenvalue weighted by Gasteiger charge is 2.55. The first-order valence-electron chi connectivity index (χ1n) is 12.0. The van der Waals surface area contributed by atoms with Crippen LogP contribution in [0.4, 0.5) is 0 Å². The average molecular weight is 471 g/mol. The van der Waals surface area contributed by atoms with E-state index < -0.39 is 14.1 Å². The van der Waals surface area contributed by atoms with Gasteiger partial charge in [0.1, 0.15) is 6.10 Å². The van der Waals surface area contributed by atoms with E-state index in [-0.39, 0.29) is 35.9 Å².